The van der Waals surface area contributed by atoms with Crippen LogP contribution in [0.4, 0.5) is 5.82 Å². The summed E-state index contributed by atoms with van der Waals surface area (Å²) < 4.78 is 0. The predicted molar refractivity (Wildman–Crippen MR) is 72.3 cm³/mol. The third-order valence-corrected chi connectivity index (χ3v) is 3.08. The number of anilines is 1. The van der Waals surface area contributed by atoms with Gasteiger partial charge in [-0.1, -0.05) is 11.6 Å². The third-order valence-electron chi connectivity index (χ3n) is 2.89. The molecule has 18 heavy (non-hydrogen) atoms. The number of rotatable bonds is 2. The number of nitrogens with zero attached hydrogens (tertiary/aromatic N) is 3. The number of hydrogen-bond donors (Lipinski definition) is 1. The van der Waals surface area contributed by atoms with Crippen LogP contribution in [0.1, 0.15) is 10.4 Å². The fourth-order valence-corrected chi connectivity index (χ4v) is 2.09. The molecule has 0 aromatic carbocycles. The Balaban J connectivity index is 2.23. The first kappa shape index (κ1) is 13.1. The first-order chi connectivity index (χ1) is 8.58. The van der Waals surface area contributed by atoms with Crippen LogP contribution in [0.15, 0.2) is 12.1 Å². The van der Waals surface area contributed by atoms with Gasteiger partial charge in [0.15, 0.2) is 0 Å². The summed E-state index contributed by atoms with van der Waals surface area (Å²) in [5, 5.41) is 3.57. The zero-order chi connectivity index (χ0) is 13.1. The van der Waals surface area contributed by atoms with Crippen LogP contribution in [0.3, 0.4) is 0 Å². The molecule has 1 aliphatic rings. The topological polar surface area (TPSA) is 48.5 Å². The Labute approximate surface area is 112 Å². The standard InChI is InChI=1S/C12H17ClN4O/c1-16(2)11-8-9(7-10(13)15-11)12(18)17-5-3-14-4-6-17/h7-8,14H,3-6H2,1-2H3. The van der Waals surface area contributed by atoms with Gasteiger partial charge in [-0.25, -0.2) is 4.98 Å². The molecule has 2 heterocycles. The molecule has 0 aliphatic carbocycles. The molecule has 98 valence electrons. The van der Waals surface area contributed by atoms with E-state index < -0.39 is 0 Å². The Morgan fingerprint density at radius 1 is 1.39 bits per heavy atom. The molecule has 0 unspecified atom stereocenters. The first-order valence-corrected chi connectivity index (χ1v) is 6.30. The number of hydrogen-bond acceptors (Lipinski definition) is 4. The van der Waals surface area contributed by atoms with Crippen LogP contribution in [0.5, 0.6) is 0 Å². The van der Waals surface area contributed by atoms with E-state index in [-0.39, 0.29) is 5.91 Å². The van der Waals surface area contributed by atoms with E-state index in [9.17, 15) is 4.79 Å². The molecular weight excluding hydrogens is 252 g/mol. The minimum atomic E-state index is 0.0175. The summed E-state index contributed by atoms with van der Waals surface area (Å²) >= 11 is 5.96. The lowest BCUT2D eigenvalue weighted by Crippen LogP contribution is -2.46. The monoisotopic (exact) mass is 268 g/mol. The van der Waals surface area contributed by atoms with E-state index in [4.69, 9.17) is 11.6 Å². The van der Waals surface area contributed by atoms with Gasteiger partial charge >= 0.3 is 0 Å². The predicted octanol–water partition coefficient (Wildman–Crippen LogP) is 0.846. The van der Waals surface area contributed by atoms with Gasteiger partial charge in [-0.15, -0.1) is 0 Å². The first-order valence-electron chi connectivity index (χ1n) is 5.93. The summed E-state index contributed by atoms with van der Waals surface area (Å²) in [5.74, 6) is 0.713. The fraction of sp³-hybridized carbons (Fsp3) is 0.500. The number of amides is 1. The Morgan fingerprint density at radius 3 is 2.67 bits per heavy atom. The number of piperazine rings is 1. The summed E-state index contributed by atoms with van der Waals surface area (Å²) in [6.45, 7) is 3.14. The molecule has 1 saturated heterocycles. The van der Waals surface area contributed by atoms with Crippen molar-refractivity contribution in [1.82, 2.24) is 15.2 Å². The van der Waals surface area contributed by atoms with Crippen molar-refractivity contribution < 1.29 is 4.79 Å². The lowest BCUT2D eigenvalue weighted by Gasteiger charge is -2.27. The maximum absolute atomic E-state index is 12.3. The molecule has 6 heteroatoms. The molecule has 0 radical (unpaired) electrons. The molecule has 1 aliphatic heterocycles. The Hall–Kier alpha value is -1.33. The van der Waals surface area contributed by atoms with Gasteiger partial charge in [-0.2, -0.15) is 0 Å². The lowest BCUT2D eigenvalue weighted by atomic mass is 10.2. The second-order valence-electron chi connectivity index (χ2n) is 4.47. The maximum atomic E-state index is 12.3. The molecule has 1 aromatic rings. The van der Waals surface area contributed by atoms with Gasteiger partial charge in [0.25, 0.3) is 5.91 Å². The molecule has 5 nitrogen and oxygen atoms in total. The maximum Gasteiger partial charge on any atom is 0.254 e. The third kappa shape index (κ3) is 2.91. The molecule has 0 spiro atoms. The summed E-state index contributed by atoms with van der Waals surface area (Å²) in [6.07, 6.45) is 0. The minimum absolute atomic E-state index is 0.0175. The summed E-state index contributed by atoms with van der Waals surface area (Å²) in [4.78, 5) is 20.2. The number of carbonyl (C=O) groups excluding carboxylic acids is 1. The average molecular weight is 269 g/mol. The van der Waals surface area contributed by atoms with Crippen molar-refractivity contribution in [3.05, 3.63) is 22.8 Å². The molecule has 2 rings (SSSR count). The SMILES string of the molecule is CN(C)c1cc(C(=O)N2CCNCC2)cc(Cl)n1. The van der Waals surface area contributed by atoms with E-state index >= 15 is 0 Å². The van der Waals surface area contributed by atoms with Gasteiger partial charge < -0.3 is 15.1 Å². The minimum Gasteiger partial charge on any atom is -0.363 e. The van der Waals surface area contributed by atoms with E-state index in [2.05, 4.69) is 10.3 Å². The largest absolute Gasteiger partial charge is 0.363 e. The molecule has 1 fully saturated rings. The van der Waals surface area contributed by atoms with Crippen molar-refractivity contribution in [2.45, 2.75) is 0 Å². The van der Waals surface area contributed by atoms with Gasteiger partial charge in [0.2, 0.25) is 0 Å². The Morgan fingerprint density at radius 2 is 2.06 bits per heavy atom. The van der Waals surface area contributed by atoms with E-state index in [1.165, 1.54) is 0 Å². The molecule has 0 atom stereocenters. The van der Waals surface area contributed by atoms with Crippen molar-refractivity contribution in [1.29, 1.82) is 0 Å². The summed E-state index contributed by atoms with van der Waals surface area (Å²) in [7, 11) is 3.75. The van der Waals surface area contributed by atoms with Gasteiger partial charge in [-0.3, -0.25) is 4.79 Å². The number of nitrogens with one attached hydrogen (secondary N) is 1. The lowest BCUT2D eigenvalue weighted by molar-refractivity contribution is 0.0735. The summed E-state index contributed by atoms with van der Waals surface area (Å²) in [6, 6.07) is 3.40. The zero-order valence-electron chi connectivity index (χ0n) is 10.6. The van der Waals surface area contributed by atoms with Crippen molar-refractivity contribution in [2.24, 2.45) is 0 Å². The van der Waals surface area contributed by atoms with Crippen molar-refractivity contribution in [3.8, 4) is 0 Å². The van der Waals surface area contributed by atoms with E-state index in [0.717, 1.165) is 26.2 Å². The normalized spacial score (nSPS) is 15.6. The number of aromatic nitrogens is 1. The molecule has 1 amide bonds. The average Bonchev–Trinajstić information content (AvgIpc) is 2.38. The van der Waals surface area contributed by atoms with Gasteiger partial charge in [0.05, 0.1) is 0 Å². The van der Waals surface area contributed by atoms with Crippen LogP contribution in [0.2, 0.25) is 5.15 Å². The van der Waals surface area contributed by atoms with Crippen molar-refractivity contribution >= 4 is 23.3 Å². The molecule has 0 bridgehead atoms. The van der Waals surface area contributed by atoms with Gasteiger partial charge in [0.1, 0.15) is 11.0 Å². The van der Waals surface area contributed by atoms with E-state index in [0.29, 0.717) is 16.5 Å². The second-order valence-corrected chi connectivity index (χ2v) is 4.86. The van der Waals surface area contributed by atoms with Crippen LogP contribution >= 0.6 is 11.6 Å². The second kappa shape index (κ2) is 5.54. The quantitative estimate of drug-likeness (QED) is 0.808. The highest BCUT2D eigenvalue weighted by molar-refractivity contribution is 6.29. The Kier molecular flexibility index (Phi) is 4.04. The summed E-state index contributed by atoms with van der Waals surface area (Å²) in [5.41, 5.74) is 0.598. The molecular formula is C12H17ClN4O. The van der Waals surface area contributed by atoms with Crippen LogP contribution < -0.4 is 10.2 Å². The smallest absolute Gasteiger partial charge is 0.254 e. The van der Waals surface area contributed by atoms with Gasteiger partial charge in [-0.05, 0) is 12.1 Å². The van der Waals surface area contributed by atoms with E-state index in [1.807, 2.05) is 23.9 Å². The number of pyridine rings is 1. The highest BCUT2D eigenvalue weighted by Crippen LogP contribution is 2.18. The van der Waals surface area contributed by atoms with Gasteiger partial charge in [0, 0.05) is 45.8 Å². The number of carbonyl (C=O) groups is 1. The fourth-order valence-electron chi connectivity index (χ4n) is 1.89. The molecule has 1 aromatic heterocycles. The Bertz CT molecular complexity index is 444. The van der Waals surface area contributed by atoms with Crippen molar-refractivity contribution in [2.75, 3.05) is 45.2 Å². The van der Waals surface area contributed by atoms with Crippen LogP contribution in [0, 0.1) is 0 Å². The van der Waals surface area contributed by atoms with Crippen LogP contribution in [-0.4, -0.2) is 56.1 Å². The van der Waals surface area contributed by atoms with Crippen molar-refractivity contribution in [3.63, 3.8) is 0 Å². The highest BCUT2D eigenvalue weighted by Gasteiger charge is 2.19. The zero-order valence-corrected chi connectivity index (χ0v) is 11.4. The molecule has 0 saturated carbocycles. The van der Waals surface area contributed by atoms with E-state index in [1.54, 1.807) is 12.1 Å². The van der Waals surface area contributed by atoms with Crippen LogP contribution in [-0.2, 0) is 0 Å². The van der Waals surface area contributed by atoms with Crippen LogP contribution in [0.25, 0.3) is 0 Å². The number of halogens is 1. The molecule has 1 N–H and O–H groups in total. The highest BCUT2D eigenvalue weighted by atomic mass is 35.5.